The van der Waals surface area contributed by atoms with Gasteiger partial charge < -0.3 is 10.1 Å². The van der Waals surface area contributed by atoms with Gasteiger partial charge in [0.05, 0.1) is 6.54 Å². The van der Waals surface area contributed by atoms with Crippen LogP contribution in [0, 0.1) is 6.92 Å². The summed E-state index contributed by atoms with van der Waals surface area (Å²) in [6.45, 7) is 3.99. The number of carbonyl (C=O) groups is 1. The first-order valence-corrected chi connectivity index (χ1v) is 6.00. The van der Waals surface area contributed by atoms with Crippen molar-refractivity contribution in [3.05, 3.63) is 42.0 Å². The van der Waals surface area contributed by atoms with Crippen LogP contribution in [0.15, 0.2) is 30.6 Å². The van der Waals surface area contributed by atoms with Crippen LogP contribution in [0.3, 0.4) is 0 Å². The number of carbonyl (C=O) groups excluding carboxylic acids is 1. The van der Waals surface area contributed by atoms with E-state index in [1.54, 1.807) is 6.92 Å². The van der Waals surface area contributed by atoms with E-state index < -0.39 is 6.10 Å². The third kappa shape index (κ3) is 3.80. The van der Waals surface area contributed by atoms with Crippen LogP contribution in [0.1, 0.15) is 18.3 Å². The van der Waals surface area contributed by atoms with Crippen molar-refractivity contribution in [2.75, 3.05) is 0 Å². The SMILES string of the molecule is Cc1cccc(OC(C)C(=O)NCc2ncn[nH]2)c1. The molecule has 0 bridgehead atoms. The minimum Gasteiger partial charge on any atom is -0.481 e. The van der Waals surface area contributed by atoms with E-state index in [0.717, 1.165) is 5.56 Å². The van der Waals surface area contributed by atoms with Crippen LogP contribution in [0.25, 0.3) is 0 Å². The fourth-order valence-corrected chi connectivity index (χ4v) is 1.58. The number of benzene rings is 1. The summed E-state index contributed by atoms with van der Waals surface area (Å²) in [5, 5.41) is 9.10. The lowest BCUT2D eigenvalue weighted by molar-refractivity contribution is -0.127. The molecule has 19 heavy (non-hydrogen) atoms. The molecule has 2 aromatic rings. The normalized spacial score (nSPS) is 11.9. The minimum absolute atomic E-state index is 0.196. The van der Waals surface area contributed by atoms with Gasteiger partial charge in [-0.15, -0.1) is 0 Å². The van der Waals surface area contributed by atoms with Gasteiger partial charge >= 0.3 is 0 Å². The highest BCUT2D eigenvalue weighted by molar-refractivity contribution is 5.80. The van der Waals surface area contributed by atoms with Crippen LogP contribution >= 0.6 is 0 Å². The van der Waals surface area contributed by atoms with Crippen molar-refractivity contribution in [1.29, 1.82) is 0 Å². The zero-order valence-corrected chi connectivity index (χ0v) is 10.9. The van der Waals surface area contributed by atoms with E-state index >= 15 is 0 Å². The monoisotopic (exact) mass is 260 g/mol. The van der Waals surface area contributed by atoms with Crippen LogP contribution in [0.5, 0.6) is 5.75 Å². The number of hydrogen-bond acceptors (Lipinski definition) is 4. The number of aryl methyl sites for hydroxylation is 1. The van der Waals surface area contributed by atoms with Crippen LogP contribution in [-0.4, -0.2) is 27.2 Å². The van der Waals surface area contributed by atoms with Crippen molar-refractivity contribution >= 4 is 5.91 Å². The molecule has 0 saturated carbocycles. The first-order valence-electron chi connectivity index (χ1n) is 6.00. The lowest BCUT2D eigenvalue weighted by atomic mass is 10.2. The Bertz CT molecular complexity index is 539. The molecule has 1 heterocycles. The number of rotatable bonds is 5. The van der Waals surface area contributed by atoms with Crippen LogP contribution < -0.4 is 10.1 Å². The molecular formula is C13H16N4O2. The number of aromatic amines is 1. The fraction of sp³-hybridized carbons (Fsp3) is 0.308. The zero-order valence-electron chi connectivity index (χ0n) is 10.9. The van der Waals surface area contributed by atoms with Gasteiger partial charge in [0, 0.05) is 0 Å². The molecule has 0 aliphatic heterocycles. The Kier molecular flexibility index (Phi) is 4.12. The summed E-state index contributed by atoms with van der Waals surface area (Å²) in [4.78, 5) is 15.8. The smallest absolute Gasteiger partial charge is 0.261 e. The summed E-state index contributed by atoms with van der Waals surface area (Å²) >= 11 is 0. The standard InChI is InChI=1S/C13H16N4O2/c1-9-4-3-5-11(6-9)19-10(2)13(18)14-7-12-15-8-16-17-12/h3-6,8,10H,7H2,1-2H3,(H,14,18)(H,15,16,17). The molecule has 1 amide bonds. The molecule has 0 spiro atoms. The molecule has 0 saturated heterocycles. The predicted octanol–water partition coefficient (Wildman–Crippen LogP) is 1.20. The average Bonchev–Trinajstić information content (AvgIpc) is 2.89. The lowest BCUT2D eigenvalue weighted by Crippen LogP contribution is -2.36. The van der Waals surface area contributed by atoms with Crippen molar-refractivity contribution in [3.8, 4) is 5.75 Å². The molecule has 2 N–H and O–H groups in total. The van der Waals surface area contributed by atoms with Gasteiger partial charge in [0.1, 0.15) is 17.9 Å². The van der Waals surface area contributed by atoms with E-state index in [1.165, 1.54) is 6.33 Å². The lowest BCUT2D eigenvalue weighted by Gasteiger charge is -2.14. The van der Waals surface area contributed by atoms with Gasteiger partial charge in [0.25, 0.3) is 5.91 Å². The highest BCUT2D eigenvalue weighted by Gasteiger charge is 2.14. The molecular weight excluding hydrogens is 244 g/mol. The molecule has 6 heteroatoms. The van der Waals surface area contributed by atoms with Crippen molar-refractivity contribution in [1.82, 2.24) is 20.5 Å². The second kappa shape index (κ2) is 5.99. The second-order valence-corrected chi connectivity index (χ2v) is 4.23. The largest absolute Gasteiger partial charge is 0.481 e. The van der Waals surface area contributed by atoms with Crippen LogP contribution in [0.2, 0.25) is 0 Å². The van der Waals surface area contributed by atoms with Crippen LogP contribution in [-0.2, 0) is 11.3 Å². The van der Waals surface area contributed by atoms with E-state index in [-0.39, 0.29) is 5.91 Å². The van der Waals surface area contributed by atoms with Crippen molar-refractivity contribution in [2.45, 2.75) is 26.5 Å². The van der Waals surface area contributed by atoms with Gasteiger partial charge in [-0.05, 0) is 31.5 Å². The number of H-pyrrole nitrogens is 1. The topological polar surface area (TPSA) is 79.9 Å². The molecule has 1 aromatic carbocycles. The molecule has 0 aliphatic rings. The van der Waals surface area contributed by atoms with E-state index in [1.807, 2.05) is 31.2 Å². The Labute approximate surface area is 111 Å². The number of nitrogens with zero attached hydrogens (tertiary/aromatic N) is 2. The van der Waals surface area contributed by atoms with Crippen molar-refractivity contribution in [3.63, 3.8) is 0 Å². The van der Waals surface area contributed by atoms with Gasteiger partial charge in [-0.2, -0.15) is 5.10 Å². The molecule has 2 rings (SSSR count). The maximum Gasteiger partial charge on any atom is 0.261 e. The summed E-state index contributed by atoms with van der Waals surface area (Å²) in [6, 6.07) is 7.58. The van der Waals surface area contributed by atoms with Crippen molar-refractivity contribution < 1.29 is 9.53 Å². The molecule has 0 fully saturated rings. The summed E-state index contributed by atoms with van der Waals surface area (Å²) < 4.78 is 5.57. The molecule has 100 valence electrons. The Morgan fingerprint density at radius 2 is 2.37 bits per heavy atom. The van der Waals surface area contributed by atoms with Gasteiger partial charge in [0.15, 0.2) is 6.10 Å². The quantitative estimate of drug-likeness (QED) is 0.846. The summed E-state index contributed by atoms with van der Waals surface area (Å²) in [6.07, 6.45) is 0.832. The highest BCUT2D eigenvalue weighted by Crippen LogP contribution is 2.14. The summed E-state index contributed by atoms with van der Waals surface area (Å²) in [5.41, 5.74) is 1.09. The third-order valence-corrected chi connectivity index (χ3v) is 2.57. The summed E-state index contributed by atoms with van der Waals surface area (Å²) in [5.74, 6) is 1.09. The molecule has 1 atom stereocenters. The number of ether oxygens (including phenoxy) is 1. The average molecular weight is 260 g/mol. The zero-order chi connectivity index (χ0) is 13.7. The van der Waals surface area contributed by atoms with Crippen LogP contribution in [0.4, 0.5) is 0 Å². The van der Waals surface area contributed by atoms with E-state index in [9.17, 15) is 4.79 Å². The number of hydrogen-bond donors (Lipinski definition) is 2. The fourth-order valence-electron chi connectivity index (χ4n) is 1.58. The molecule has 1 unspecified atom stereocenters. The van der Waals surface area contributed by atoms with Gasteiger partial charge in [-0.1, -0.05) is 12.1 Å². The summed E-state index contributed by atoms with van der Waals surface area (Å²) in [7, 11) is 0. The second-order valence-electron chi connectivity index (χ2n) is 4.23. The Morgan fingerprint density at radius 1 is 1.53 bits per heavy atom. The molecule has 6 nitrogen and oxygen atoms in total. The van der Waals surface area contributed by atoms with Crippen molar-refractivity contribution in [2.24, 2.45) is 0 Å². The Balaban J connectivity index is 1.85. The first kappa shape index (κ1) is 13.1. The Hall–Kier alpha value is -2.37. The maximum atomic E-state index is 11.8. The van der Waals surface area contributed by atoms with E-state index in [4.69, 9.17) is 4.74 Å². The van der Waals surface area contributed by atoms with Gasteiger partial charge in [0.2, 0.25) is 0 Å². The van der Waals surface area contributed by atoms with E-state index in [0.29, 0.717) is 18.1 Å². The first-order chi connectivity index (χ1) is 9.15. The molecule has 0 radical (unpaired) electrons. The van der Waals surface area contributed by atoms with Gasteiger partial charge in [-0.3, -0.25) is 9.89 Å². The predicted molar refractivity (Wildman–Crippen MR) is 69.5 cm³/mol. The molecule has 0 aliphatic carbocycles. The number of aromatic nitrogens is 3. The minimum atomic E-state index is -0.565. The van der Waals surface area contributed by atoms with E-state index in [2.05, 4.69) is 20.5 Å². The number of nitrogens with one attached hydrogen (secondary N) is 2. The maximum absolute atomic E-state index is 11.8. The third-order valence-electron chi connectivity index (χ3n) is 2.57. The van der Waals surface area contributed by atoms with Gasteiger partial charge in [-0.25, -0.2) is 4.98 Å². The molecule has 1 aromatic heterocycles. The number of amides is 1. The Morgan fingerprint density at radius 3 is 3.05 bits per heavy atom. The highest BCUT2D eigenvalue weighted by atomic mass is 16.5.